The maximum Gasteiger partial charge on any atom is 0.265 e. The van der Waals surface area contributed by atoms with Gasteiger partial charge in [-0.3, -0.25) is 20.4 Å². The van der Waals surface area contributed by atoms with Crippen molar-refractivity contribution in [3.63, 3.8) is 0 Å². The molecule has 2 aromatic carbocycles. The minimum atomic E-state index is -0.341. The molecule has 5 rings (SSSR count). The van der Waals surface area contributed by atoms with Crippen LogP contribution in [-0.4, -0.2) is 41.2 Å². The second-order valence-electron chi connectivity index (χ2n) is 7.95. The third-order valence-electron chi connectivity index (χ3n) is 5.87. The van der Waals surface area contributed by atoms with Gasteiger partial charge in [0.15, 0.2) is 0 Å². The van der Waals surface area contributed by atoms with Gasteiger partial charge in [0.2, 0.25) is 5.96 Å². The Kier molecular flexibility index (Phi) is 5.34. The highest BCUT2D eigenvalue weighted by Gasteiger charge is 2.46. The van der Waals surface area contributed by atoms with Crippen molar-refractivity contribution in [2.24, 2.45) is 4.99 Å². The van der Waals surface area contributed by atoms with Crippen molar-refractivity contribution >= 4 is 23.4 Å². The Balaban J connectivity index is 1.45. The van der Waals surface area contributed by atoms with Gasteiger partial charge in [-0.15, -0.1) is 0 Å². The van der Waals surface area contributed by atoms with Gasteiger partial charge in [-0.1, -0.05) is 48.2 Å². The average Bonchev–Trinajstić information content (AvgIpc) is 3.38. The van der Waals surface area contributed by atoms with E-state index in [1.54, 1.807) is 0 Å². The van der Waals surface area contributed by atoms with Crippen LogP contribution >= 0.6 is 0 Å². The van der Waals surface area contributed by atoms with Crippen LogP contribution < -0.4 is 16.0 Å². The number of benzene rings is 2. The third-order valence-corrected chi connectivity index (χ3v) is 5.87. The molecule has 2 aliphatic heterocycles. The molecule has 1 aliphatic carbocycles. The molecule has 1 amide bonds. The molecule has 7 nitrogen and oxygen atoms in total. The number of para-hydroxylation sites is 1. The topological polar surface area (TPSA) is 92.6 Å². The summed E-state index contributed by atoms with van der Waals surface area (Å²) >= 11 is 0. The molecular weight excluding hydrogens is 400 g/mol. The number of hydrogen-bond acceptors (Lipinski definition) is 5. The number of rotatable bonds is 4. The van der Waals surface area contributed by atoms with Gasteiger partial charge >= 0.3 is 0 Å². The largest absolute Gasteiger partial charge is 0.360 e. The zero-order valence-corrected chi connectivity index (χ0v) is 17.6. The summed E-state index contributed by atoms with van der Waals surface area (Å²) in [5.74, 6) is 7.12. The Morgan fingerprint density at radius 3 is 2.66 bits per heavy atom. The third kappa shape index (κ3) is 3.83. The summed E-state index contributed by atoms with van der Waals surface area (Å²) in [6, 6.07) is 19.6. The number of nitrogens with one attached hydrogen (secondary N) is 4. The van der Waals surface area contributed by atoms with Gasteiger partial charge < -0.3 is 10.6 Å². The molecule has 0 aromatic heterocycles. The Morgan fingerprint density at radius 2 is 1.88 bits per heavy atom. The first-order valence-corrected chi connectivity index (χ1v) is 10.8. The van der Waals surface area contributed by atoms with Gasteiger partial charge in [-0.25, -0.2) is 4.99 Å². The number of amidine groups is 1. The Morgan fingerprint density at radius 1 is 1.12 bits per heavy atom. The lowest BCUT2D eigenvalue weighted by Gasteiger charge is -2.35. The van der Waals surface area contributed by atoms with Crippen LogP contribution in [0.2, 0.25) is 0 Å². The van der Waals surface area contributed by atoms with Crippen LogP contribution in [0.3, 0.4) is 0 Å². The van der Waals surface area contributed by atoms with E-state index < -0.39 is 0 Å². The number of carbonyl (C=O) groups excluding carboxylic acids is 1. The molecule has 0 bridgehead atoms. The average molecular weight is 425 g/mol. The predicted molar refractivity (Wildman–Crippen MR) is 125 cm³/mol. The molecule has 2 aromatic rings. The van der Waals surface area contributed by atoms with Crippen molar-refractivity contribution in [1.82, 2.24) is 15.5 Å². The second-order valence-corrected chi connectivity index (χ2v) is 7.95. The van der Waals surface area contributed by atoms with Gasteiger partial charge in [-0.05, 0) is 43.5 Å². The Bertz CT molecular complexity index is 1160. The van der Waals surface area contributed by atoms with E-state index in [9.17, 15) is 4.79 Å². The van der Waals surface area contributed by atoms with Crippen LogP contribution in [-0.2, 0) is 4.79 Å². The van der Waals surface area contributed by atoms with Crippen LogP contribution in [0.15, 0.2) is 77.1 Å². The van der Waals surface area contributed by atoms with Crippen LogP contribution in [0, 0.1) is 17.3 Å². The van der Waals surface area contributed by atoms with Crippen molar-refractivity contribution < 1.29 is 4.79 Å². The number of fused-ring (bicyclic) bond motifs is 3. The molecule has 32 heavy (non-hydrogen) atoms. The quantitative estimate of drug-likeness (QED) is 0.345. The maximum atomic E-state index is 13.0. The second kappa shape index (κ2) is 8.60. The molecule has 0 unspecified atom stereocenters. The van der Waals surface area contributed by atoms with Crippen LogP contribution in [0.1, 0.15) is 24.8 Å². The molecule has 2 atom stereocenters. The van der Waals surface area contributed by atoms with E-state index in [1.807, 2.05) is 60.7 Å². The Hall–Kier alpha value is -4.05. The maximum absolute atomic E-state index is 13.0. The molecule has 1 fully saturated rings. The summed E-state index contributed by atoms with van der Waals surface area (Å²) in [5.41, 5.74) is 1.95. The zero-order valence-electron chi connectivity index (χ0n) is 17.6. The molecule has 1 saturated carbocycles. The standard InChI is InChI=1S/C25H24N6O/c26-22(28-18-12-5-2-6-13-18)21-23(27-16-8-11-17-9-3-1-4-10-17)31-20-15-7-14-19(20)29-25(31)30-24(21)32/h1-6,9-10,12-13,19-20,27H,7,14-16H2,(H2,26,28)(H,29,30,32)/t19-,20+/m1/s1. The van der Waals surface area contributed by atoms with E-state index in [1.165, 1.54) is 0 Å². The monoisotopic (exact) mass is 424 g/mol. The SMILES string of the molecule is N=C(Nc1ccccc1)C1=C(NCC#Cc2ccccc2)N2C(=N[C@@H]3CCC[C@@H]32)NC1=O. The van der Waals surface area contributed by atoms with Crippen molar-refractivity contribution in [2.45, 2.75) is 31.3 Å². The molecule has 0 saturated heterocycles. The lowest BCUT2D eigenvalue weighted by molar-refractivity contribution is -0.116. The molecule has 0 spiro atoms. The molecule has 4 N–H and O–H groups in total. The minimum Gasteiger partial charge on any atom is -0.360 e. The highest BCUT2D eigenvalue weighted by molar-refractivity contribution is 6.28. The smallest absolute Gasteiger partial charge is 0.265 e. The van der Waals surface area contributed by atoms with E-state index >= 15 is 0 Å². The number of aliphatic imine (C=N–C) groups is 1. The first-order chi connectivity index (χ1) is 15.7. The minimum absolute atomic E-state index is 0.0349. The molecule has 0 radical (unpaired) electrons. The van der Waals surface area contributed by atoms with Gasteiger partial charge in [0.1, 0.15) is 17.2 Å². The molecular formula is C25H24N6O. The first-order valence-electron chi connectivity index (χ1n) is 10.8. The van der Waals surface area contributed by atoms with E-state index in [4.69, 9.17) is 10.4 Å². The number of anilines is 1. The molecule has 3 aliphatic rings. The fraction of sp³-hybridized carbons (Fsp3) is 0.240. The van der Waals surface area contributed by atoms with Crippen molar-refractivity contribution in [1.29, 1.82) is 5.41 Å². The summed E-state index contributed by atoms with van der Waals surface area (Å²) in [5, 5.41) is 17.9. The highest BCUT2D eigenvalue weighted by atomic mass is 16.2. The van der Waals surface area contributed by atoms with Gasteiger partial charge in [0.25, 0.3) is 5.91 Å². The predicted octanol–water partition coefficient (Wildman–Crippen LogP) is 2.65. The lowest BCUT2D eigenvalue weighted by Crippen LogP contribution is -2.55. The van der Waals surface area contributed by atoms with Crippen molar-refractivity contribution in [3.05, 3.63) is 77.6 Å². The number of hydrogen-bond donors (Lipinski definition) is 4. The number of carbonyl (C=O) groups is 1. The number of amides is 1. The highest BCUT2D eigenvalue weighted by Crippen LogP contribution is 2.35. The summed E-state index contributed by atoms with van der Waals surface area (Å²) in [6.07, 6.45) is 3.12. The van der Waals surface area contributed by atoms with E-state index in [0.717, 1.165) is 30.5 Å². The fourth-order valence-corrected chi connectivity index (χ4v) is 4.43. The van der Waals surface area contributed by atoms with Crippen molar-refractivity contribution in [2.75, 3.05) is 11.9 Å². The van der Waals surface area contributed by atoms with Crippen LogP contribution in [0.5, 0.6) is 0 Å². The van der Waals surface area contributed by atoms with Gasteiger partial charge in [0.05, 0.1) is 18.6 Å². The van der Waals surface area contributed by atoms with Gasteiger partial charge in [-0.2, -0.15) is 0 Å². The summed E-state index contributed by atoms with van der Waals surface area (Å²) < 4.78 is 0. The summed E-state index contributed by atoms with van der Waals surface area (Å²) in [6.45, 7) is 0.348. The molecule has 2 heterocycles. The summed E-state index contributed by atoms with van der Waals surface area (Å²) in [4.78, 5) is 19.8. The number of nitrogens with zero attached hydrogens (tertiary/aromatic N) is 2. The first kappa shape index (κ1) is 19.9. The zero-order chi connectivity index (χ0) is 21.9. The van der Waals surface area contributed by atoms with Crippen LogP contribution in [0.4, 0.5) is 5.69 Å². The van der Waals surface area contributed by atoms with Crippen molar-refractivity contribution in [3.8, 4) is 11.8 Å². The number of guanidine groups is 1. The molecule has 160 valence electrons. The fourth-order valence-electron chi connectivity index (χ4n) is 4.43. The molecule has 7 heteroatoms. The van der Waals surface area contributed by atoms with E-state index in [-0.39, 0.29) is 29.4 Å². The van der Waals surface area contributed by atoms with E-state index in [0.29, 0.717) is 18.3 Å². The summed E-state index contributed by atoms with van der Waals surface area (Å²) in [7, 11) is 0. The van der Waals surface area contributed by atoms with Gasteiger partial charge in [0, 0.05) is 11.3 Å². The lowest BCUT2D eigenvalue weighted by atomic mass is 10.1. The Labute approximate surface area is 187 Å². The van der Waals surface area contributed by atoms with E-state index in [2.05, 4.69) is 32.7 Å². The normalized spacial score (nSPS) is 21.1. The van der Waals surface area contributed by atoms with Crippen LogP contribution in [0.25, 0.3) is 0 Å².